The summed E-state index contributed by atoms with van der Waals surface area (Å²) in [6.45, 7) is 1.78. The number of carbonyl (C=O) groups is 1. The van der Waals surface area contributed by atoms with Crippen LogP contribution in [0.3, 0.4) is 0 Å². The van der Waals surface area contributed by atoms with Gasteiger partial charge in [-0.2, -0.15) is 0 Å². The molecule has 1 aromatic rings. The maximum Gasteiger partial charge on any atom is 0.261 e. The Morgan fingerprint density at radius 1 is 1.32 bits per heavy atom. The molecule has 19 heavy (non-hydrogen) atoms. The maximum absolute atomic E-state index is 12.6. The van der Waals surface area contributed by atoms with E-state index in [0.717, 1.165) is 19.5 Å². The summed E-state index contributed by atoms with van der Waals surface area (Å²) in [5.41, 5.74) is 0.488. The van der Waals surface area contributed by atoms with Crippen LogP contribution in [0.4, 0.5) is 0 Å². The Morgan fingerprint density at radius 3 is 2.42 bits per heavy atom. The largest absolute Gasteiger partial charge is 0.496 e. The minimum absolute atomic E-state index is 0.0667. The van der Waals surface area contributed by atoms with E-state index in [1.165, 1.54) is 0 Å². The zero-order valence-electron chi connectivity index (χ0n) is 11.6. The number of nitrogens with zero attached hydrogens (tertiary/aromatic N) is 1. The molecule has 0 aliphatic carbocycles. The van der Waals surface area contributed by atoms with E-state index in [2.05, 4.69) is 5.32 Å². The minimum Gasteiger partial charge on any atom is -0.496 e. The first-order valence-corrected chi connectivity index (χ1v) is 6.38. The summed E-state index contributed by atoms with van der Waals surface area (Å²) < 4.78 is 10.6. The Labute approximate surface area is 113 Å². The molecule has 1 N–H and O–H groups in total. The predicted octanol–water partition coefficient (Wildman–Crippen LogP) is 1.14. The molecule has 104 valence electrons. The molecule has 5 heteroatoms. The second kappa shape index (κ2) is 5.93. The van der Waals surface area contributed by atoms with Gasteiger partial charge in [-0.25, -0.2) is 0 Å². The molecule has 0 aromatic heterocycles. The summed E-state index contributed by atoms with van der Waals surface area (Å²) >= 11 is 0. The molecule has 1 aliphatic heterocycles. The first-order chi connectivity index (χ1) is 9.19. The van der Waals surface area contributed by atoms with Gasteiger partial charge in [-0.15, -0.1) is 0 Å². The maximum atomic E-state index is 12.6. The molecule has 5 nitrogen and oxygen atoms in total. The van der Waals surface area contributed by atoms with Gasteiger partial charge < -0.3 is 19.7 Å². The molecule has 1 amide bonds. The van der Waals surface area contributed by atoms with Crippen molar-refractivity contribution < 1.29 is 14.3 Å². The lowest BCUT2D eigenvalue weighted by atomic mass is 10.1. The zero-order chi connectivity index (χ0) is 13.8. The van der Waals surface area contributed by atoms with Gasteiger partial charge in [0.2, 0.25) is 0 Å². The van der Waals surface area contributed by atoms with Crippen molar-refractivity contribution in [1.29, 1.82) is 0 Å². The third kappa shape index (κ3) is 2.66. The number of ether oxygens (including phenoxy) is 2. The van der Waals surface area contributed by atoms with Crippen LogP contribution in [0.25, 0.3) is 0 Å². The van der Waals surface area contributed by atoms with Gasteiger partial charge in [-0.3, -0.25) is 4.79 Å². The second-order valence-electron chi connectivity index (χ2n) is 4.60. The van der Waals surface area contributed by atoms with E-state index >= 15 is 0 Å². The number of amides is 1. The number of hydrogen-bond donors (Lipinski definition) is 1. The van der Waals surface area contributed by atoms with Crippen molar-refractivity contribution in [1.82, 2.24) is 10.2 Å². The average Bonchev–Trinajstić information content (AvgIpc) is 2.98. The van der Waals surface area contributed by atoms with Gasteiger partial charge in [-0.05, 0) is 25.1 Å². The second-order valence-corrected chi connectivity index (χ2v) is 4.60. The molecule has 0 bridgehead atoms. The van der Waals surface area contributed by atoms with E-state index in [0.29, 0.717) is 17.1 Å². The van der Waals surface area contributed by atoms with E-state index < -0.39 is 0 Å². The molecule has 0 saturated carbocycles. The standard InChI is InChI=1S/C14H20N2O3/c1-16(10-7-8-15-9-10)14(17)13-11(18-2)5-4-6-12(13)19-3/h4-6,10,15H,7-9H2,1-3H3. The van der Waals surface area contributed by atoms with Crippen molar-refractivity contribution in [3.63, 3.8) is 0 Å². The van der Waals surface area contributed by atoms with Crippen LogP contribution in [0.15, 0.2) is 18.2 Å². The van der Waals surface area contributed by atoms with Crippen LogP contribution < -0.4 is 14.8 Å². The Kier molecular flexibility index (Phi) is 4.27. The normalized spacial score (nSPS) is 18.2. The first kappa shape index (κ1) is 13.7. The molecular weight excluding hydrogens is 244 g/mol. The van der Waals surface area contributed by atoms with Crippen molar-refractivity contribution in [2.24, 2.45) is 0 Å². The molecule has 1 fully saturated rings. The third-order valence-electron chi connectivity index (χ3n) is 3.54. The van der Waals surface area contributed by atoms with E-state index in [1.807, 2.05) is 13.1 Å². The molecule has 1 unspecified atom stereocenters. The molecule has 1 heterocycles. The monoisotopic (exact) mass is 264 g/mol. The fourth-order valence-corrected chi connectivity index (χ4v) is 2.37. The number of nitrogens with one attached hydrogen (secondary N) is 1. The first-order valence-electron chi connectivity index (χ1n) is 6.38. The zero-order valence-corrected chi connectivity index (χ0v) is 11.6. The summed E-state index contributed by atoms with van der Waals surface area (Å²) in [6.07, 6.45) is 0.972. The van der Waals surface area contributed by atoms with E-state index in [-0.39, 0.29) is 11.9 Å². The Hall–Kier alpha value is -1.75. The SMILES string of the molecule is COc1cccc(OC)c1C(=O)N(C)C1CCNC1. The molecule has 0 radical (unpaired) electrons. The van der Waals surface area contributed by atoms with Crippen LogP contribution in [-0.4, -0.2) is 51.2 Å². The van der Waals surface area contributed by atoms with E-state index in [4.69, 9.17) is 9.47 Å². The molecule has 2 rings (SSSR count). The average molecular weight is 264 g/mol. The minimum atomic E-state index is -0.0667. The summed E-state index contributed by atoms with van der Waals surface area (Å²) in [4.78, 5) is 14.4. The fourth-order valence-electron chi connectivity index (χ4n) is 2.37. The van der Waals surface area contributed by atoms with Gasteiger partial charge in [-0.1, -0.05) is 6.07 Å². The van der Waals surface area contributed by atoms with Gasteiger partial charge in [0.05, 0.1) is 14.2 Å². The highest BCUT2D eigenvalue weighted by Crippen LogP contribution is 2.30. The predicted molar refractivity (Wildman–Crippen MR) is 72.9 cm³/mol. The van der Waals surface area contributed by atoms with Crippen molar-refractivity contribution in [2.45, 2.75) is 12.5 Å². The fraction of sp³-hybridized carbons (Fsp3) is 0.500. The lowest BCUT2D eigenvalue weighted by Gasteiger charge is -2.25. The Balaban J connectivity index is 2.31. The summed E-state index contributed by atoms with van der Waals surface area (Å²) in [7, 11) is 4.94. The molecule has 1 atom stereocenters. The highest BCUT2D eigenvalue weighted by molar-refractivity contribution is 5.99. The molecule has 0 spiro atoms. The third-order valence-corrected chi connectivity index (χ3v) is 3.54. The van der Waals surface area contributed by atoms with Crippen molar-refractivity contribution >= 4 is 5.91 Å². The quantitative estimate of drug-likeness (QED) is 0.886. The summed E-state index contributed by atoms with van der Waals surface area (Å²) in [6, 6.07) is 5.58. The van der Waals surface area contributed by atoms with Crippen LogP contribution in [0.2, 0.25) is 0 Å². The number of rotatable bonds is 4. The van der Waals surface area contributed by atoms with Gasteiger partial charge in [0.1, 0.15) is 17.1 Å². The highest BCUT2D eigenvalue weighted by atomic mass is 16.5. The van der Waals surface area contributed by atoms with Crippen molar-refractivity contribution in [3.05, 3.63) is 23.8 Å². The number of methoxy groups -OCH3 is 2. The molecular formula is C14H20N2O3. The summed E-state index contributed by atoms with van der Waals surface area (Å²) in [5, 5.41) is 3.26. The van der Waals surface area contributed by atoms with Crippen LogP contribution in [0, 0.1) is 0 Å². The van der Waals surface area contributed by atoms with Crippen molar-refractivity contribution in [2.75, 3.05) is 34.4 Å². The van der Waals surface area contributed by atoms with Crippen LogP contribution >= 0.6 is 0 Å². The van der Waals surface area contributed by atoms with Gasteiger partial charge >= 0.3 is 0 Å². The highest BCUT2D eigenvalue weighted by Gasteiger charge is 2.28. The lowest BCUT2D eigenvalue weighted by molar-refractivity contribution is 0.0737. The lowest BCUT2D eigenvalue weighted by Crippen LogP contribution is -2.38. The van der Waals surface area contributed by atoms with E-state index in [1.54, 1.807) is 31.3 Å². The van der Waals surface area contributed by atoms with Crippen molar-refractivity contribution in [3.8, 4) is 11.5 Å². The number of benzene rings is 1. The smallest absolute Gasteiger partial charge is 0.261 e. The Bertz CT molecular complexity index is 434. The number of carbonyl (C=O) groups excluding carboxylic acids is 1. The molecule has 1 aromatic carbocycles. The van der Waals surface area contributed by atoms with Gasteiger partial charge in [0, 0.05) is 19.6 Å². The summed E-state index contributed by atoms with van der Waals surface area (Å²) in [5.74, 6) is 1.02. The van der Waals surface area contributed by atoms with E-state index in [9.17, 15) is 4.79 Å². The van der Waals surface area contributed by atoms with Crippen LogP contribution in [-0.2, 0) is 0 Å². The number of likely N-dealkylation sites (N-methyl/N-ethyl adjacent to an activating group) is 1. The Morgan fingerprint density at radius 2 is 1.95 bits per heavy atom. The topological polar surface area (TPSA) is 50.8 Å². The van der Waals surface area contributed by atoms with Crippen LogP contribution in [0.1, 0.15) is 16.8 Å². The number of hydrogen-bond acceptors (Lipinski definition) is 4. The van der Waals surface area contributed by atoms with Gasteiger partial charge in [0.15, 0.2) is 0 Å². The van der Waals surface area contributed by atoms with Gasteiger partial charge in [0.25, 0.3) is 5.91 Å². The molecule has 1 aliphatic rings. The van der Waals surface area contributed by atoms with Crippen LogP contribution in [0.5, 0.6) is 11.5 Å². The molecule has 1 saturated heterocycles.